The number of benzene rings is 1. The fourth-order valence-electron chi connectivity index (χ4n) is 2.80. The molecule has 4 rings (SSSR count). The topological polar surface area (TPSA) is 93.5 Å². The Balaban J connectivity index is 2.06. The summed E-state index contributed by atoms with van der Waals surface area (Å²) >= 11 is 1.66. The SMILES string of the molecule is Cc1ccc2sccc2c1-c1cnc2c(C(=O)O)cnn2c1N. The van der Waals surface area contributed by atoms with E-state index >= 15 is 0 Å². The van der Waals surface area contributed by atoms with Gasteiger partial charge in [-0.2, -0.15) is 9.61 Å². The molecule has 3 heterocycles. The lowest BCUT2D eigenvalue weighted by Crippen LogP contribution is -2.05. The van der Waals surface area contributed by atoms with Crippen molar-refractivity contribution < 1.29 is 9.90 Å². The van der Waals surface area contributed by atoms with Gasteiger partial charge in [-0.15, -0.1) is 11.3 Å². The quantitative estimate of drug-likeness (QED) is 0.590. The highest BCUT2D eigenvalue weighted by molar-refractivity contribution is 7.17. The molecule has 3 aromatic heterocycles. The second kappa shape index (κ2) is 4.79. The molecule has 7 heteroatoms. The van der Waals surface area contributed by atoms with Crippen LogP contribution >= 0.6 is 11.3 Å². The van der Waals surface area contributed by atoms with Crippen LogP contribution in [0.3, 0.4) is 0 Å². The summed E-state index contributed by atoms with van der Waals surface area (Å²) in [5, 5.41) is 16.4. The number of nitrogens with two attached hydrogens (primary N) is 1. The van der Waals surface area contributed by atoms with Gasteiger partial charge in [0.1, 0.15) is 11.4 Å². The van der Waals surface area contributed by atoms with Crippen LogP contribution in [0.25, 0.3) is 26.9 Å². The minimum absolute atomic E-state index is 0.0358. The number of aryl methyl sites for hydroxylation is 1. The van der Waals surface area contributed by atoms with Gasteiger partial charge in [0.2, 0.25) is 0 Å². The van der Waals surface area contributed by atoms with Gasteiger partial charge in [0.15, 0.2) is 5.65 Å². The molecular formula is C16H12N4O2S. The average molecular weight is 324 g/mol. The van der Waals surface area contributed by atoms with E-state index in [0.29, 0.717) is 5.82 Å². The molecule has 114 valence electrons. The van der Waals surface area contributed by atoms with E-state index in [1.807, 2.05) is 18.4 Å². The fraction of sp³-hybridized carbons (Fsp3) is 0.0625. The van der Waals surface area contributed by atoms with E-state index < -0.39 is 5.97 Å². The molecule has 0 amide bonds. The largest absolute Gasteiger partial charge is 0.477 e. The number of carbonyl (C=O) groups is 1. The standard InChI is InChI=1S/C16H12N4O2S/c1-8-2-3-12-9(4-5-23-12)13(8)10-6-18-15-11(16(21)22)7-19-20(15)14(10)17/h2-7H,17H2,1H3,(H,21,22). The van der Waals surface area contributed by atoms with Crippen LogP contribution < -0.4 is 5.73 Å². The number of aromatic nitrogens is 3. The third kappa shape index (κ3) is 1.90. The van der Waals surface area contributed by atoms with Gasteiger partial charge in [0.25, 0.3) is 0 Å². The minimum atomic E-state index is -1.07. The van der Waals surface area contributed by atoms with Gasteiger partial charge in [-0.1, -0.05) is 6.07 Å². The lowest BCUT2D eigenvalue weighted by Gasteiger charge is -2.11. The first-order chi connectivity index (χ1) is 11.1. The first-order valence-corrected chi connectivity index (χ1v) is 7.78. The lowest BCUT2D eigenvalue weighted by atomic mass is 9.98. The number of hydrogen-bond acceptors (Lipinski definition) is 5. The monoisotopic (exact) mass is 324 g/mol. The summed E-state index contributed by atoms with van der Waals surface area (Å²) in [6.45, 7) is 2.02. The van der Waals surface area contributed by atoms with Gasteiger partial charge in [0, 0.05) is 21.8 Å². The summed E-state index contributed by atoms with van der Waals surface area (Å²) in [6.07, 6.45) is 2.89. The molecule has 0 spiro atoms. The molecule has 6 nitrogen and oxygen atoms in total. The van der Waals surface area contributed by atoms with E-state index in [4.69, 9.17) is 5.73 Å². The number of carboxylic acids is 1. The highest BCUT2D eigenvalue weighted by Gasteiger charge is 2.18. The Hall–Kier alpha value is -2.93. The Kier molecular flexibility index (Phi) is 2.85. The van der Waals surface area contributed by atoms with Gasteiger partial charge >= 0.3 is 5.97 Å². The zero-order chi connectivity index (χ0) is 16.1. The van der Waals surface area contributed by atoms with Crippen LogP contribution in [0.15, 0.2) is 36.0 Å². The average Bonchev–Trinajstić information content (AvgIpc) is 3.15. The zero-order valence-corrected chi connectivity index (χ0v) is 13.0. The van der Waals surface area contributed by atoms with Crippen molar-refractivity contribution in [3.05, 3.63) is 47.1 Å². The molecule has 0 aliphatic heterocycles. The fourth-order valence-corrected chi connectivity index (χ4v) is 3.60. The molecule has 0 atom stereocenters. The van der Waals surface area contributed by atoms with E-state index in [0.717, 1.165) is 26.8 Å². The van der Waals surface area contributed by atoms with Crippen LogP contribution in [0.1, 0.15) is 15.9 Å². The molecule has 0 fully saturated rings. The van der Waals surface area contributed by atoms with Crippen LogP contribution in [-0.4, -0.2) is 25.7 Å². The van der Waals surface area contributed by atoms with Gasteiger partial charge in [0.05, 0.1) is 6.20 Å². The predicted molar refractivity (Wildman–Crippen MR) is 89.9 cm³/mol. The number of nitrogen functional groups attached to an aromatic ring is 1. The Labute approximate surface area is 134 Å². The second-order valence-electron chi connectivity index (χ2n) is 5.25. The number of carboxylic acid groups (broad SMARTS) is 1. The zero-order valence-electron chi connectivity index (χ0n) is 12.1. The van der Waals surface area contributed by atoms with Crippen molar-refractivity contribution in [2.24, 2.45) is 0 Å². The molecule has 1 aromatic carbocycles. The van der Waals surface area contributed by atoms with Crippen molar-refractivity contribution in [1.82, 2.24) is 14.6 Å². The normalized spacial score (nSPS) is 11.3. The molecule has 0 saturated heterocycles. The molecule has 0 saturated carbocycles. The number of hydrogen-bond donors (Lipinski definition) is 2. The Morgan fingerprint density at radius 1 is 1.30 bits per heavy atom. The molecule has 0 radical (unpaired) electrons. The molecule has 0 aliphatic rings. The van der Waals surface area contributed by atoms with Crippen LogP contribution in [0, 0.1) is 6.92 Å². The molecular weight excluding hydrogens is 312 g/mol. The van der Waals surface area contributed by atoms with Crippen molar-refractivity contribution in [2.45, 2.75) is 6.92 Å². The highest BCUT2D eigenvalue weighted by Crippen LogP contribution is 2.37. The first-order valence-electron chi connectivity index (χ1n) is 6.90. The second-order valence-corrected chi connectivity index (χ2v) is 6.19. The number of rotatable bonds is 2. The maximum Gasteiger partial charge on any atom is 0.341 e. The van der Waals surface area contributed by atoms with E-state index in [-0.39, 0.29) is 11.2 Å². The lowest BCUT2D eigenvalue weighted by molar-refractivity contribution is 0.0699. The summed E-state index contributed by atoms with van der Waals surface area (Å²) in [7, 11) is 0. The first kappa shape index (κ1) is 13.7. The Morgan fingerprint density at radius 2 is 2.13 bits per heavy atom. The van der Waals surface area contributed by atoms with E-state index in [9.17, 15) is 9.90 Å². The van der Waals surface area contributed by atoms with E-state index in [1.54, 1.807) is 17.5 Å². The van der Waals surface area contributed by atoms with Crippen LogP contribution in [0.5, 0.6) is 0 Å². The summed E-state index contributed by atoms with van der Waals surface area (Å²) < 4.78 is 2.54. The van der Waals surface area contributed by atoms with Crippen LogP contribution in [-0.2, 0) is 0 Å². The third-order valence-corrected chi connectivity index (χ3v) is 4.79. The maximum absolute atomic E-state index is 11.2. The number of anilines is 1. The Morgan fingerprint density at radius 3 is 2.91 bits per heavy atom. The van der Waals surface area contributed by atoms with E-state index in [1.165, 1.54) is 10.7 Å². The van der Waals surface area contributed by atoms with Crippen molar-refractivity contribution in [3.63, 3.8) is 0 Å². The highest BCUT2D eigenvalue weighted by atomic mass is 32.1. The Bertz CT molecular complexity index is 1080. The van der Waals surface area contributed by atoms with Gasteiger partial charge in [-0.3, -0.25) is 0 Å². The van der Waals surface area contributed by atoms with Crippen LogP contribution in [0.4, 0.5) is 5.82 Å². The molecule has 23 heavy (non-hydrogen) atoms. The number of nitrogens with zero attached hydrogens (tertiary/aromatic N) is 3. The maximum atomic E-state index is 11.2. The van der Waals surface area contributed by atoms with Gasteiger partial charge in [-0.05, 0) is 35.6 Å². The predicted octanol–water partition coefficient (Wildman–Crippen LogP) is 3.20. The molecule has 0 bridgehead atoms. The van der Waals surface area contributed by atoms with E-state index in [2.05, 4.69) is 22.2 Å². The summed E-state index contributed by atoms with van der Waals surface area (Å²) in [6, 6.07) is 6.18. The smallest absolute Gasteiger partial charge is 0.341 e. The molecule has 0 unspecified atom stereocenters. The molecule has 0 aliphatic carbocycles. The number of aromatic carboxylic acids is 1. The van der Waals surface area contributed by atoms with Crippen LogP contribution in [0.2, 0.25) is 0 Å². The minimum Gasteiger partial charge on any atom is -0.477 e. The summed E-state index contributed by atoms with van der Waals surface area (Å²) in [5.74, 6) is -0.694. The number of fused-ring (bicyclic) bond motifs is 2. The molecule has 3 N–H and O–H groups in total. The third-order valence-electron chi connectivity index (χ3n) is 3.91. The van der Waals surface area contributed by atoms with Crippen molar-refractivity contribution in [3.8, 4) is 11.1 Å². The van der Waals surface area contributed by atoms with Gasteiger partial charge < -0.3 is 10.8 Å². The summed E-state index contributed by atoms with van der Waals surface area (Å²) in [5.41, 5.74) is 9.37. The van der Waals surface area contributed by atoms with Crippen molar-refractivity contribution in [1.29, 1.82) is 0 Å². The van der Waals surface area contributed by atoms with Gasteiger partial charge in [-0.25, -0.2) is 9.78 Å². The van der Waals surface area contributed by atoms with Crippen molar-refractivity contribution >= 4 is 38.9 Å². The molecule has 4 aromatic rings. The summed E-state index contributed by atoms with van der Waals surface area (Å²) in [4.78, 5) is 15.5. The number of thiophene rings is 1. The van der Waals surface area contributed by atoms with Crippen molar-refractivity contribution in [2.75, 3.05) is 5.73 Å².